The predicted molar refractivity (Wildman–Crippen MR) is 65.5 cm³/mol. The third-order valence-electron chi connectivity index (χ3n) is 2.52. The molecule has 1 aromatic carbocycles. The molecule has 0 N–H and O–H groups in total. The summed E-state index contributed by atoms with van der Waals surface area (Å²) in [4.78, 5) is 0. The molecule has 0 fully saturated rings. The van der Waals surface area contributed by atoms with Crippen molar-refractivity contribution in [3.05, 3.63) is 34.2 Å². The van der Waals surface area contributed by atoms with Gasteiger partial charge in [0, 0.05) is 10.8 Å². The van der Waals surface area contributed by atoms with Crippen molar-refractivity contribution in [3.63, 3.8) is 0 Å². The third kappa shape index (κ3) is 2.16. The van der Waals surface area contributed by atoms with E-state index in [2.05, 4.69) is 53.8 Å². The first-order chi connectivity index (χ1) is 7.76. The van der Waals surface area contributed by atoms with Crippen LogP contribution in [0.2, 0.25) is 10.5 Å². The molecule has 0 spiro atoms. The van der Waals surface area contributed by atoms with E-state index in [4.69, 9.17) is 4.74 Å². The molecule has 1 unspecified atom stereocenters. The standard InChI is InChI=1S/C12H10O.2CH3.Ti/c1-8-7-10-6-5-9-3-2-4-11(9)12(10)13-8;;;/h2-8H,1H3;2*1H3;. The van der Waals surface area contributed by atoms with Crippen LogP contribution < -0.4 is 15.2 Å². The third-order valence-corrected chi connectivity index (χ3v) is 2.52. The van der Waals surface area contributed by atoms with Gasteiger partial charge in [-0.3, -0.25) is 0 Å². The predicted octanol–water partition coefficient (Wildman–Crippen LogP) is 2.22. The molecule has 0 amide bonds. The zero-order valence-electron chi connectivity index (χ0n) is 9.95. The van der Waals surface area contributed by atoms with Crippen molar-refractivity contribution in [2.75, 3.05) is 0 Å². The zero-order chi connectivity index (χ0) is 11.5. The molecule has 1 nitrogen and oxygen atoms in total. The number of benzene rings is 1. The van der Waals surface area contributed by atoms with Crippen LogP contribution in [0.3, 0.4) is 0 Å². The van der Waals surface area contributed by atoms with E-state index in [1.54, 1.807) is 0 Å². The van der Waals surface area contributed by atoms with Gasteiger partial charge in [-0.15, -0.1) is 0 Å². The normalized spacial score (nSPS) is 18.3. The van der Waals surface area contributed by atoms with Crippen molar-refractivity contribution in [1.82, 2.24) is 0 Å². The molecule has 2 heteroatoms. The van der Waals surface area contributed by atoms with Crippen LogP contribution in [-0.2, 0) is 19.2 Å². The monoisotopic (exact) mass is 248 g/mol. The SMILES string of the molecule is CC1C=c2ccc3c(c2O1)C=CC=3.[CH3][Ti][CH3]. The van der Waals surface area contributed by atoms with E-state index >= 15 is 0 Å². The molecule has 1 atom stereocenters. The molecule has 82 valence electrons. The van der Waals surface area contributed by atoms with E-state index in [-0.39, 0.29) is 6.10 Å². The second-order valence-electron chi connectivity index (χ2n) is 4.00. The summed E-state index contributed by atoms with van der Waals surface area (Å²) in [6, 6.07) is 4.27. The Morgan fingerprint density at radius 2 is 1.88 bits per heavy atom. The number of ether oxygens (including phenoxy) is 1. The van der Waals surface area contributed by atoms with Gasteiger partial charge in [0.15, 0.2) is 0 Å². The molecule has 16 heavy (non-hydrogen) atoms. The van der Waals surface area contributed by atoms with Crippen LogP contribution >= 0.6 is 0 Å². The van der Waals surface area contributed by atoms with Crippen molar-refractivity contribution >= 4 is 18.2 Å². The van der Waals surface area contributed by atoms with Crippen molar-refractivity contribution in [3.8, 4) is 5.75 Å². The number of hydrogen-bond acceptors (Lipinski definition) is 1. The van der Waals surface area contributed by atoms with Gasteiger partial charge < -0.3 is 4.74 Å². The van der Waals surface area contributed by atoms with Gasteiger partial charge in [0.25, 0.3) is 0 Å². The Balaban J connectivity index is 0.000000292. The second kappa shape index (κ2) is 5.03. The minimum atomic E-state index is 0.218. The summed E-state index contributed by atoms with van der Waals surface area (Å²) < 4.78 is 5.72. The van der Waals surface area contributed by atoms with Gasteiger partial charge in [-0.1, -0.05) is 30.4 Å². The average Bonchev–Trinajstić information content (AvgIpc) is 2.81. The van der Waals surface area contributed by atoms with Gasteiger partial charge in [0.1, 0.15) is 11.9 Å². The molecule has 1 heterocycles. The van der Waals surface area contributed by atoms with Crippen molar-refractivity contribution in [1.29, 1.82) is 0 Å². The Morgan fingerprint density at radius 3 is 2.62 bits per heavy atom. The molecule has 0 radical (unpaired) electrons. The Bertz CT molecular complexity index is 528. The number of rotatable bonds is 0. The van der Waals surface area contributed by atoms with E-state index in [1.165, 1.54) is 16.0 Å². The summed E-state index contributed by atoms with van der Waals surface area (Å²) >= 11 is 0.500. The van der Waals surface area contributed by atoms with E-state index in [0.29, 0.717) is 19.2 Å². The van der Waals surface area contributed by atoms with Gasteiger partial charge in [0.05, 0.1) is 0 Å². The van der Waals surface area contributed by atoms with Crippen molar-refractivity contribution in [2.45, 2.75) is 23.5 Å². The summed E-state index contributed by atoms with van der Waals surface area (Å²) in [6.07, 6.45) is 8.66. The van der Waals surface area contributed by atoms with Crippen LogP contribution in [0.5, 0.6) is 5.75 Å². The maximum absolute atomic E-state index is 5.72. The molecule has 3 rings (SSSR count). The van der Waals surface area contributed by atoms with Gasteiger partial charge in [-0.25, -0.2) is 0 Å². The van der Waals surface area contributed by atoms with Gasteiger partial charge >= 0.3 is 29.6 Å². The molecule has 0 saturated heterocycles. The molecular formula is C14H16OTi. The average molecular weight is 248 g/mol. The molecular weight excluding hydrogens is 232 g/mol. The van der Waals surface area contributed by atoms with Crippen LogP contribution in [0.1, 0.15) is 12.5 Å². The first kappa shape index (κ1) is 11.7. The second-order valence-corrected chi connectivity index (χ2v) is 5.56. The first-order valence-corrected chi connectivity index (χ1v) is 8.67. The van der Waals surface area contributed by atoms with Crippen LogP contribution in [0.4, 0.5) is 0 Å². The van der Waals surface area contributed by atoms with Gasteiger partial charge in [-0.05, 0) is 18.2 Å². The molecule has 0 saturated carbocycles. The minimum absolute atomic E-state index is 0.218. The Labute approximate surface area is 105 Å². The topological polar surface area (TPSA) is 9.23 Å². The maximum atomic E-state index is 5.72. The fourth-order valence-corrected chi connectivity index (χ4v) is 1.93. The van der Waals surface area contributed by atoms with E-state index in [9.17, 15) is 0 Å². The van der Waals surface area contributed by atoms with Crippen molar-refractivity contribution in [2.24, 2.45) is 0 Å². The molecule has 2 aliphatic rings. The van der Waals surface area contributed by atoms with E-state index in [0.717, 1.165) is 5.75 Å². The van der Waals surface area contributed by atoms with Crippen LogP contribution in [0.25, 0.3) is 18.2 Å². The Hall–Kier alpha value is -0.786. The summed E-state index contributed by atoms with van der Waals surface area (Å²) in [5.41, 5.74) is 1.23. The number of fused-ring (bicyclic) bond motifs is 3. The number of allylic oxidation sites excluding steroid dienone is 1. The van der Waals surface area contributed by atoms with Crippen LogP contribution in [-0.4, -0.2) is 6.10 Å². The molecule has 0 bridgehead atoms. The summed E-state index contributed by atoms with van der Waals surface area (Å²) in [5, 5.41) is 6.99. The molecule has 1 aromatic rings. The summed E-state index contributed by atoms with van der Waals surface area (Å²) in [5.74, 6) is 1.05. The zero-order valence-corrected chi connectivity index (χ0v) is 11.5. The van der Waals surface area contributed by atoms with E-state index in [1.807, 2.05) is 0 Å². The van der Waals surface area contributed by atoms with Crippen LogP contribution in [0, 0.1) is 0 Å². The van der Waals surface area contributed by atoms with Crippen molar-refractivity contribution < 1.29 is 23.9 Å². The summed E-state index contributed by atoms with van der Waals surface area (Å²) in [6.45, 7) is 2.06. The molecule has 1 aliphatic heterocycles. The Kier molecular flexibility index (Phi) is 3.68. The van der Waals surface area contributed by atoms with Gasteiger partial charge in [-0.2, -0.15) is 0 Å². The molecule has 0 aromatic heterocycles. The first-order valence-electron chi connectivity index (χ1n) is 5.54. The van der Waals surface area contributed by atoms with E-state index < -0.39 is 0 Å². The van der Waals surface area contributed by atoms with Gasteiger partial charge in [0.2, 0.25) is 0 Å². The fraction of sp³-hybridized carbons (Fsp3) is 0.286. The quantitative estimate of drug-likeness (QED) is 0.640. The van der Waals surface area contributed by atoms with Crippen LogP contribution in [0.15, 0.2) is 18.2 Å². The Morgan fingerprint density at radius 1 is 1.19 bits per heavy atom. The molecule has 1 aliphatic carbocycles. The fourth-order valence-electron chi connectivity index (χ4n) is 1.93. The summed E-state index contributed by atoms with van der Waals surface area (Å²) in [7, 11) is 0. The number of hydrogen-bond donors (Lipinski definition) is 0.